The van der Waals surface area contributed by atoms with Gasteiger partial charge in [0.25, 0.3) is 11.5 Å². The van der Waals surface area contributed by atoms with Gasteiger partial charge in [-0.3, -0.25) is 19.1 Å². The first-order valence-electron chi connectivity index (χ1n) is 16.8. The number of nitrogens with zero attached hydrogens (tertiary/aromatic N) is 10. The van der Waals surface area contributed by atoms with Crippen molar-refractivity contribution in [2.24, 2.45) is 7.05 Å². The second-order valence-corrected chi connectivity index (χ2v) is 13.2. The Morgan fingerprint density at radius 3 is 2.43 bits per heavy atom. The maximum atomic E-state index is 14.4. The number of halogens is 4. The van der Waals surface area contributed by atoms with Gasteiger partial charge in [-0.05, 0) is 56.7 Å². The lowest BCUT2D eigenvalue weighted by atomic mass is 10.1. The quantitative estimate of drug-likeness (QED) is 0.238. The molecular formula is C35H33ClF3N11O4. The Kier molecular flexibility index (Phi) is 9.24. The van der Waals surface area contributed by atoms with E-state index in [1.165, 1.54) is 11.2 Å². The molecule has 0 unspecified atom stereocenters. The summed E-state index contributed by atoms with van der Waals surface area (Å²) in [6, 6.07) is 8.17. The number of aromatic hydroxyl groups is 1. The van der Waals surface area contributed by atoms with E-state index in [0.29, 0.717) is 11.3 Å². The van der Waals surface area contributed by atoms with E-state index in [9.17, 15) is 32.7 Å². The highest BCUT2D eigenvalue weighted by Gasteiger charge is 2.32. The molecule has 54 heavy (non-hydrogen) atoms. The number of aromatic nitrogens is 8. The molecule has 2 aromatic carbocycles. The van der Waals surface area contributed by atoms with Crippen molar-refractivity contribution in [3.63, 3.8) is 0 Å². The highest BCUT2D eigenvalue weighted by molar-refractivity contribution is 6.33. The van der Waals surface area contributed by atoms with Gasteiger partial charge in [0.1, 0.15) is 18.6 Å². The third-order valence-corrected chi connectivity index (χ3v) is 9.73. The van der Waals surface area contributed by atoms with E-state index >= 15 is 0 Å². The Morgan fingerprint density at radius 2 is 1.74 bits per heavy atom. The number of hydrogen-bond acceptors (Lipinski definition) is 10. The van der Waals surface area contributed by atoms with Crippen LogP contribution >= 0.6 is 11.6 Å². The van der Waals surface area contributed by atoms with Crippen molar-refractivity contribution in [2.45, 2.75) is 39.9 Å². The molecule has 0 aliphatic carbocycles. The average molecular weight is 764 g/mol. The summed E-state index contributed by atoms with van der Waals surface area (Å²) in [4.78, 5) is 57.2. The average Bonchev–Trinajstić information content (AvgIpc) is 3.71. The Hall–Kier alpha value is -6.04. The number of carbonyl (C=O) groups excluding carboxylic acids is 2. The molecule has 19 heteroatoms. The molecular weight excluding hydrogens is 731 g/mol. The van der Waals surface area contributed by atoms with Crippen LogP contribution in [0.1, 0.15) is 40.1 Å². The molecule has 4 aromatic heterocycles. The topological polar surface area (TPSA) is 169 Å². The highest BCUT2D eigenvalue weighted by Crippen LogP contribution is 2.34. The van der Waals surface area contributed by atoms with E-state index in [0.717, 1.165) is 39.3 Å². The summed E-state index contributed by atoms with van der Waals surface area (Å²) in [5.74, 6) is -1.15. The number of hydrogen-bond donors (Lipinski definition) is 2. The second kappa shape index (κ2) is 13.7. The first-order valence-corrected chi connectivity index (χ1v) is 17.2. The molecule has 0 atom stereocenters. The van der Waals surface area contributed by atoms with Gasteiger partial charge < -0.3 is 24.8 Å². The van der Waals surface area contributed by atoms with Crippen LogP contribution in [0.4, 0.5) is 24.5 Å². The first-order chi connectivity index (χ1) is 25.7. The molecule has 1 aliphatic heterocycles. The summed E-state index contributed by atoms with van der Waals surface area (Å²) < 4.78 is 44.2. The molecule has 15 nitrogen and oxygen atoms in total. The SMILES string of the molecule is CCc1c(N2CCN(C(=O)c3ncnc(C)c3O)CC2)c(=O)n2nc(-c3ccc4c(c3)c(C)nn4C)nc2n1CC(=O)Nc1ccc(C(F)(F)F)cc1Cl. The number of amides is 2. The smallest absolute Gasteiger partial charge is 0.416 e. The minimum absolute atomic E-state index is 0.0296. The van der Waals surface area contributed by atoms with Gasteiger partial charge in [0.15, 0.2) is 17.3 Å². The third kappa shape index (κ3) is 6.46. The number of piperazine rings is 1. The molecule has 1 saturated heterocycles. The van der Waals surface area contributed by atoms with Crippen LogP contribution in [0.3, 0.4) is 0 Å². The number of aryl methyl sites for hydroxylation is 3. The number of nitrogens with one attached hydrogen (secondary N) is 1. The zero-order valence-electron chi connectivity index (χ0n) is 29.4. The van der Waals surface area contributed by atoms with Gasteiger partial charge in [0.05, 0.1) is 38.9 Å². The lowest BCUT2D eigenvalue weighted by molar-refractivity contribution is -0.137. The van der Waals surface area contributed by atoms with Crippen LogP contribution in [0.5, 0.6) is 5.75 Å². The molecule has 7 rings (SSSR count). The van der Waals surface area contributed by atoms with Gasteiger partial charge in [0, 0.05) is 44.2 Å². The van der Waals surface area contributed by atoms with Crippen molar-refractivity contribution in [2.75, 3.05) is 36.4 Å². The molecule has 2 N–H and O–H groups in total. The largest absolute Gasteiger partial charge is 0.504 e. The summed E-state index contributed by atoms with van der Waals surface area (Å²) in [7, 11) is 1.83. The van der Waals surface area contributed by atoms with Gasteiger partial charge >= 0.3 is 6.18 Å². The number of fused-ring (bicyclic) bond motifs is 2. The van der Waals surface area contributed by atoms with Crippen LogP contribution in [0.2, 0.25) is 5.02 Å². The van der Waals surface area contributed by atoms with Crippen molar-refractivity contribution in [3.05, 3.63) is 86.4 Å². The van der Waals surface area contributed by atoms with Gasteiger partial charge in [-0.25, -0.2) is 9.97 Å². The molecule has 2 amide bonds. The number of alkyl halides is 3. The molecule has 0 bridgehead atoms. The molecule has 0 radical (unpaired) electrons. The van der Waals surface area contributed by atoms with Gasteiger partial charge in [0.2, 0.25) is 11.7 Å². The number of rotatable bonds is 7. The lowest BCUT2D eigenvalue weighted by Crippen LogP contribution is -2.51. The van der Waals surface area contributed by atoms with E-state index in [2.05, 4.69) is 25.5 Å². The van der Waals surface area contributed by atoms with Crippen molar-refractivity contribution >= 4 is 51.5 Å². The normalized spacial score (nSPS) is 13.6. The second-order valence-electron chi connectivity index (χ2n) is 12.8. The van der Waals surface area contributed by atoms with E-state index in [1.54, 1.807) is 22.2 Å². The summed E-state index contributed by atoms with van der Waals surface area (Å²) in [5.41, 5.74) is 1.62. The zero-order chi connectivity index (χ0) is 38.6. The Morgan fingerprint density at radius 1 is 1.00 bits per heavy atom. The van der Waals surface area contributed by atoms with Crippen LogP contribution in [0.25, 0.3) is 28.1 Å². The van der Waals surface area contributed by atoms with Gasteiger partial charge in [-0.15, -0.1) is 5.10 Å². The van der Waals surface area contributed by atoms with Crippen LogP contribution in [0.15, 0.2) is 47.5 Å². The molecule has 1 fully saturated rings. The fourth-order valence-electron chi connectivity index (χ4n) is 6.66. The number of carbonyl (C=O) groups is 2. The summed E-state index contributed by atoms with van der Waals surface area (Å²) in [6.07, 6.45) is -3.15. The molecule has 280 valence electrons. The Balaban J connectivity index is 1.28. The number of anilines is 2. The predicted octanol–water partition coefficient (Wildman–Crippen LogP) is 4.39. The first kappa shape index (κ1) is 36.3. The minimum atomic E-state index is -4.62. The molecule has 6 aromatic rings. The third-order valence-electron chi connectivity index (χ3n) is 9.42. The monoisotopic (exact) mass is 763 g/mol. The molecule has 0 saturated carbocycles. The highest BCUT2D eigenvalue weighted by atomic mass is 35.5. The van der Waals surface area contributed by atoms with Crippen molar-refractivity contribution in [3.8, 4) is 17.1 Å². The predicted molar refractivity (Wildman–Crippen MR) is 193 cm³/mol. The van der Waals surface area contributed by atoms with Gasteiger partial charge in [-0.1, -0.05) is 18.5 Å². The van der Waals surface area contributed by atoms with E-state index in [4.69, 9.17) is 16.6 Å². The Labute approximate surface area is 309 Å². The maximum absolute atomic E-state index is 14.4. The van der Waals surface area contributed by atoms with Crippen molar-refractivity contribution < 1.29 is 27.9 Å². The van der Waals surface area contributed by atoms with E-state index in [-0.39, 0.29) is 77.7 Å². The molecule has 5 heterocycles. The van der Waals surface area contributed by atoms with Crippen LogP contribution in [0, 0.1) is 13.8 Å². The van der Waals surface area contributed by atoms with Crippen LogP contribution in [-0.4, -0.2) is 86.9 Å². The van der Waals surface area contributed by atoms with Crippen LogP contribution in [-0.2, 0) is 31.0 Å². The van der Waals surface area contributed by atoms with Crippen LogP contribution < -0.4 is 15.8 Å². The van der Waals surface area contributed by atoms with Crippen molar-refractivity contribution in [1.82, 2.24) is 43.8 Å². The van der Waals surface area contributed by atoms with Gasteiger partial charge in [-0.2, -0.15) is 27.8 Å². The minimum Gasteiger partial charge on any atom is -0.504 e. The van der Waals surface area contributed by atoms with Crippen molar-refractivity contribution in [1.29, 1.82) is 0 Å². The lowest BCUT2D eigenvalue weighted by Gasteiger charge is -2.36. The maximum Gasteiger partial charge on any atom is 0.416 e. The van der Waals surface area contributed by atoms with E-state index < -0.39 is 35.7 Å². The summed E-state index contributed by atoms with van der Waals surface area (Å²) in [6.45, 7) is 5.65. The zero-order valence-corrected chi connectivity index (χ0v) is 30.2. The Bertz CT molecular complexity index is 2540. The standard InChI is InChI=1S/C35H33ClF3N11O4/c1-5-25-29(47-10-12-48(13-11-47)32(53)28-30(52)19(3)40-17-41-28)33(54)50-34(43-31(45-50)20-6-9-26-22(14-20)18(2)44-46(26)4)49(25)16-27(51)42-24-8-7-21(15-23(24)36)35(37,38)39/h6-9,14-15,17,52H,5,10-13,16H2,1-4H3,(H,42,51). The number of benzene rings is 2. The fraction of sp³-hybridized carbons (Fsp3) is 0.314. The molecule has 0 spiro atoms. The van der Waals surface area contributed by atoms with E-state index in [1.807, 2.05) is 37.9 Å². The molecule has 1 aliphatic rings. The summed E-state index contributed by atoms with van der Waals surface area (Å²) >= 11 is 6.15. The fourth-order valence-corrected chi connectivity index (χ4v) is 6.89. The summed E-state index contributed by atoms with van der Waals surface area (Å²) in [5, 5.41) is 22.6.